The minimum absolute atomic E-state index is 0.211. The van der Waals surface area contributed by atoms with E-state index in [0.29, 0.717) is 18.7 Å². The van der Waals surface area contributed by atoms with Gasteiger partial charge in [-0.15, -0.1) is 0 Å². The molecule has 0 aromatic heterocycles. The topological polar surface area (TPSA) is 32.3 Å². The predicted molar refractivity (Wildman–Crippen MR) is 110 cm³/mol. The van der Waals surface area contributed by atoms with Crippen LogP contribution in [0.5, 0.6) is 0 Å². The van der Waals surface area contributed by atoms with Crippen molar-refractivity contribution in [3.8, 4) is 0 Å². The fraction of sp³-hybridized carbons (Fsp3) is 0.435. The average molecular weight is 371 g/mol. The summed E-state index contributed by atoms with van der Waals surface area (Å²) in [5.41, 5.74) is 4.27. The van der Waals surface area contributed by atoms with Crippen LogP contribution in [-0.4, -0.2) is 18.4 Å². The summed E-state index contributed by atoms with van der Waals surface area (Å²) in [6.07, 6.45) is 5.93. The number of anilines is 1. The average Bonchev–Trinajstić information content (AvgIpc) is 3.13. The third kappa shape index (κ3) is 5.81. The Kier molecular flexibility index (Phi) is 8.31. The number of nitrogens with zero attached hydrogens (tertiary/aromatic N) is 1. The van der Waals surface area contributed by atoms with Crippen molar-refractivity contribution in [1.82, 2.24) is 4.90 Å². The van der Waals surface area contributed by atoms with Gasteiger partial charge in [0.05, 0.1) is 0 Å². The largest absolute Gasteiger partial charge is 0.388 e. The number of hydrogen-bond donors (Lipinski definition) is 1. The van der Waals surface area contributed by atoms with Crippen molar-refractivity contribution in [2.45, 2.75) is 58.5 Å². The smallest absolute Gasteiger partial charge is 0.210 e. The van der Waals surface area contributed by atoms with E-state index in [0.717, 1.165) is 17.9 Å². The van der Waals surface area contributed by atoms with Crippen molar-refractivity contribution in [3.05, 3.63) is 65.0 Å². The van der Waals surface area contributed by atoms with Crippen LogP contribution < -0.4 is 5.32 Å². The normalized spacial score (nSPS) is 12.4. The molecular weight excluding hydrogens is 339 g/mol. The van der Waals surface area contributed by atoms with E-state index in [4.69, 9.17) is 0 Å². The molecule has 4 heteroatoms. The third-order valence-corrected chi connectivity index (χ3v) is 5.04. The Morgan fingerprint density at radius 2 is 1.74 bits per heavy atom. The Balaban J connectivity index is 0.000000198. The first-order chi connectivity index (χ1) is 13.1. The van der Waals surface area contributed by atoms with Crippen LogP contribution in [0.2, 0.25) is 0 Å². The van der Waals surface area contributed by atoms with Gasteiger partial charge in [0.15, 0.2) is 0 Å². The molecule has 0 saturated heterocycles. The molecule has 0 unspecified atom stereocenters. The summed E-state index contributed by atoms with van der Waals surface area (Å²) < 4.78 is 13.1. The van der Waals surface area contributed by atoms with Gasteiger partial charge in [-0.1, -0.05) is 51.0 Å². The summed E-state index contributed by atoms with van der Waals surface area (Å²) >= 11 is 0. The zero-order chi connectivity index (χ0) is 19.6. The predicted octanol–water partition coefficient (Wildman–Crippen LogP) is 5.71. The maximum Gasteiger partial charge on any atom is 0.210 e. The summed E-state index contributed by atoms with van der Waals surface area (Å²) in [6.45, 7) is 5.48. The van der Waals surface area contributed by atoms with E-state index in [2.05, 4.69) is 43.4 Å². The molecule has 1 amide bonds. The highest BCUT2D eigenvalue weighted by atomic mass is 19.1. The summed E-state index contributed by atoms with van der Waals surface area (Å²) in [4.78, 5) is 11.9. The van der Waals surface area contributed by atoms with E-state index in [1.165, 1.54) is 43.0 Å². The van der Waals surface area contributed by atoms with Crippen LogP contribution >= 0.6 is 0 Å². The van der Waals surface area contributed by atoms with Gasteiger partial charge in [0.2, 0.25) is 6.41 Å². The molecular formula is C23H31FN2O. The summed E-state index contributed by atoms with van der Waals surface area (Å²) in [7, 11) is 1.96. The van der Waals surface area contributed by atoms with E-state index in [1.54, 1.807) is 11.0 Å². The second-order valence-corrected chi connectivity index (χ2v) is 7.03. The fourth-order valence-electron chi connectivity index (χ4n) is 3.58. The summed E-state index contributed by atoms with van der Waals surface area (Å²) in [5, 5.41) is 3.16. The highest BCUT2D eigenvalue weighted by Gasteiger charge is 2.19. The van der Waals surface area contributed by atoms with E-state index < -0.39 is 0 Å². The molecule has 0 fully saturated rings. The summed E-state index contributed by atoms with van der Waals surface area (Å²) in [6, 6.07) is 13.8. The van der Waals surface area contributed by atoms with Gasteiger partial charge in [-0.25, -0.2) is 4.39 Å². The van der Waals surface area contributed by atoms with Crippen molar-refractivity contribution in [2.24, 2.45) is 0 Å². The van der Waals surface area contributed by atoms with Crippen LogP contribution in [0.1, 0.15) is 62.1 Å². The molecule has 2 aromatic carbocycles. The standard InChI is InChI=1S/C14H23N.C9H8FNO/c1-4-6-12(7-5-2)13-8-10-14(15-3)11-9-13;10-9-3-1-2-7-4-11(6-12)5-8(7)9/h8-12,15H,4-7H2,1-3H3;1-3,6H,4-5H2. The van der Waals surface area contributed by atoms with Gasteiger partial charge in [-0.2, -0.15) is 0 Å². The minimum Gasteiger partial charge on any atom is -0.388 e. The zero-order valence-electron chi connectivity index (χ0n) is 16.7. The second kappa shape index (κ2) is 10.7. The number of nitrogens with one attached hydrogen (secondary N) is 1. The maximum absolute atomic E-state index is 13.1. The second-order valence-electron chi connectivity index (χ2n) is 7.03. The number of carbonyl (C=O) groups excluding carboxylic acids is 1. The SMILES string of the molecule is CCCC(CCC)c1ccc(NC)cc1.O=CN1Cc2cccc(F)c2C1. The van der Waals surface area contributed by atoms with E-state index in [1.807, 2.05) is 13.1 Å². The van der Waals surface area contributed by atoms with E-state index in [-0.39, 0.29) is 5.82 Å². The molecule has 1 aliphatic rings. The quantitative estimate of drug-likeness (QED) is 0.633. The zero-order valence-corrected chi connectivity index (χ0v) is 16.7. The van der Waals surface area contributed by atoms with E-state index in [9.17, 15) is 9.18 Å². The Bertz CT molecular complexity index is 709. The number of halogens is 1. The number of fused-ring (bicyclic) bond motifs is 1. The van der Waals surface area contributed by atoms with Crippen LogP contribution in [0.3, 0.4) is 0 Å². The molecule has 1 heterocycles. The highest BCUT2D eigenvalue weighted by molar-refractivity contribution is 5.51. The first-order valence-electron chi connectivity index (χ1n) is 9.86. The monoisotopic (exact) mass is 370 g/mol. The Morgan fingerprint density at radius 1 is 1.07 bits per heavy atom. The number of benzene rings is 2. The molecule has 0 saturated carbocycles. The van der Waals surface area contributed by atoms with Crippen LogP contribution in [0.25, 0.3) is 0 Å². The van der Waals surface area contributed by atoms with Gasteiger partial charge in [-0.05, 0) is 48.1 Å². The lowest BCUT2D eigenvalue weighted by Gasteiger charge is -2.16. The first kappa shape index (κ1) is 20.9. The van der Waals surface area contributed by atoms with Crippen molar-refractivity contribution < 1.29 is 9.18 Å². The van der Waals surface area contributed by atoms with E-state index >= 15 is 0 Å². The first-order valence-corrected chi connectivity index (χ1v) is 9.86. The molecule has 0 bridgehead atoms. The van der Waals surface area contributed by atoms with Gasteiger partial charge in [-0.3, -0.25) is 4.79 Å². The molecule has 146 valence electrons. The van der Waals surface area contributed by atoms with Gasteiger partial charge in [0, 0.05) is 31.4 Å². The lowest BCUT2D eigenvalue weighted by atomic mass is 9.90. The Labute approximate surface area is 162 Å². The molecule has 0 spiro atoms. The van der Waals surface area contributed by atoms with Gasteiger partial charge >= 0.3 is 0 Å². The summed E-state index contributed by atoms with van der Waals surface area (Å²) in [5.74, 6) is 0.544. The number of carbonyl (C=O) groups is 1. The van der Waals surface area contributed by atoms with Crippen LogP contribution in [-0.2, 0) is 17.9 Å². The van der Waals surface area contributed by atoms with Crippen LogP contribution in [0, 0.1) is 5.82 Å². The van der Waals surface area contributed by atoms with Crippen molar-refractivity contribution in [1.29, 1.82) is 0 Å². The van der Waals surface area contributed by atoms with Crippen molar-refractivity contribution >= 4 is 12.1 Å². The third-order valence-electron chi connectivity index (χ3n) is 5.04. The maximum atomic E-state index is 13.1. The van der Waals surface area contributed by atoms with Gasteiger partial charge < -0.3 is 10.2 Å². The van der Waals surface area contributed by atoms with Gasteiger partial charge in [0.25, 0.3) is 0 Å². The number of rotatable bonds is 7. The molecule has 1 aliphatic heterocycles. The number of amides is 1. The molecule has 2 aromatic rings. The molecule has 0 aliphatic carbocycles. The Hall–Kier alpha value is -2.36. The van der Waals surface area contributed by atoms with Crippen LogP contribution in [0.15, 0.2) is 42.5 Å². The molecule has 3 rings (SSSR count). The lowest BCUT2D eigenvalue weighted by Crippen LogP contribution is -2.12. The lowest BCUT2D eigenvalue weighted by molar-refractivity contribution is -0.118. The fourth-order valence-corrected chi connectivity index (χ4v) is 3.58. The molecule has 1 N–H and O–H groups in total. The Morgan fingerprint density at radius 3 is 2.26 bits per heavy atom. The molecule has 27 heavy (non-hydrogen) atoms. The van der Waals surface area contributed by atoms with Gasteiger partial charge in [0.1, 0.15) is 5.82 Å². The highest BCUT2D eigenvalue weighted by Crippen LogP contribution is 2.27. The molecule has 3 nitrogen and oxygen atoms in total. The van der Waals surface area contributed by atoms with Crippen molar-refractivity contribution in [3.63, 3.8) is 0 Å². The van der Waals surface area contributed by atoms with Crippen LogP contribution in [0.4, 0.5) is 10.1 Å². The van der Waals surface area contributed by atoms with Crippen molar-refractivity contribution in [2.75, 3.05) is 12.4 Å². The number of hydrogen-bond acceptors (Lipinski definition) is 2. The molecule has 0 atom stereocenters. The minimum atomic E-state index is -0.211. The molecule has 0 radical (unpaired) electrons.